The molecule has 2 atom stereocenters. The fraction of sp³-hybridized carbons (Fsp3) is 0.462. The summed E-state index contributed by atoms with van der Waals surface area (Å²) in [7, 11) is -2.00. The molecular weight excluding hydrogens is 314 g/mol. The van der Waals surface area contributed by atoms with Crippen molar-refractivity contribution in [2.75, 3.05) is 13.6 Å². The minimum Gasteiger partial charge on any atom is -0.339 e. The van der Waals surface area contributed by atoms with E-state index in [0.717, 1.165) is 5.56 Å². The summed E-state index contributed by atoms with van der Waals surface area (Å²) in [6.07, 6.45) is 0. The molecule has 2 unspecified atom stereocenters. The Labute approximate surface area is 132 Å². The van der Waals surface area contributed by atoms with Gasteiger partial charge in [-0.2, -0.15) is 0 Å². The van der Waals surface area contributed by atoms with Gasteiger partial charge in [-0.05, 0) is 24.6 Å². The molecule has 120 valence electrons. The first-order valence-electron chi connectivity index (χ1n) is 6.28. The van der Waals surface area contributed by atoms with Crippen molar-refractivity contribution in [1.29, 1.82) is 0 Å². The molecule has 21 heavy (non-hydrogen) atoms. The molecule has 0 radical (unpaired) electrons. The Hall–Kier alpha value is -1.15. The Balaban J connectivity index is 0.00000400. The third kappa shape index (κ3) is 4.96. The zero-order valence-corrected chi connectivity index (χ0v) is 13.9. The van der Waals surface area contributed by atoms with Gasteiger partial charge in [0.2, 0.25) is 15.9 Å². The summed E-state index contributed by atoms with van der Waals surface area (Å²) < 4.78 is 22.4. The highest BCUT2D eigenvalue weighted by Gasteiger charge is 2.21. The van der Waals surface area contributed by atoms with E-state index in [-0.39, 0.29) is 35.2 Å². The first kappa shape index (κ1) is 19.9. The first-order chi connectivity index (χ1) is 9.18. The zero-order valence-electron chi connectivity index (χ0n) is 12.3. The number of hydrogen-bond acceptors (Lipinski definition) is 4. The Morgan fingerprint density at radius 3 is 2.10 bits per heavy atom. The summed E-state index contributed by atoms with van der Waals surface area (Å²) in [5, 5.41) is 5.04. The third-order valence-corrected chi connectivity index (χ3v) is 4.32. The van der Waals surface area contributed by atoms with Crippen molar-refractivity contribution < 1.29 is 13.2 Å². The summed E-state index contributed by atoms with van der Waals surface area (Å²) >= 11 is 0. The minimum atomic E-state index is -3.70. The molecule has 1 aromatic carbocycles. The van der Waals surface area contributed by atoms with Crippen molar-refractivity contribution in [2.45, 2.75) is 24.8 Å². The zero-order chi connectivity index (χ0) is 15.5. The molecule has 0 aliphatic carbocycles. The molecule has 0 saturated carbocycles. The summed E-state index contributed by atoms with van der Waals surface area (Å²) in [5.74, 6) is -0.290. The second kappa shape index (κ2) is 7.74. The van der Waals surface area contributed by atoms with Crippen LogP contribution in [0.4, 0.5) is 0 Å². The molecule has 1 rings (SSSR count). The van der Waals surface area contributed by atoms with Crippen molar-refractivity contribution in [3.05, 3.63) is 29.8 Å². The van der Waals surface area contributed by atoms with Gasteiger partial charge in [-0.3, -0.25) is 4.79 Å². The molecule has 0 aromatic heterocycles. The van der Waals surface area contributed by atoms with Crippen LogP contribution >= 0.6 is 12.4 Å². The number of primary sulfonamides is 1. The van der Waals surface area contributed by atoms with Gasteiger partial charge in [0.15, 0.2) is 0 Å². The maximum Gasteiger partial charge on any atom is 0.238 e. The number of nitrogens with zero attached hydrogens (tertiary/aromatic N) is 1. The number of nitrogens with two attached hydrogens (primary N) is 2. The van der Waals surface area contributed by atoms with E-state index < -0.39 is 10.0 Å². The molecule has 0 aliphatic heterocycles. The van der Waals surface area contributed by atoms with Crippen molar-refractivity contribution in [1.82, 2.24) is 4.90 Å². The Morgan fingerprint density at radius 1 is 1.24 bits per heavy atom. The summed E-state index contributed by atoms with van der Waals surface area (Å²) in [4.78, 5) is 13.7. The van der Waals surface area contributed by atoms with Crippen LogP contribution in [-0.2, 0) is 14.8 Å². The summed E-state index contributed by atoms with van der Waals surface area (Å²) in [5.41, 5.74) is 6.32. The SMILES string of the molecule is CC(CN)C(=O)N(C)C(C)c1ccc(S(N)(=O)=O)cc1.Cl. The summed E-state index contributed by atoms with van der Waals surface area (Å²) in [6.45, 7) is 3.93. The van der Waals surface area contributed by atoms with Crippen LogP contribution in [0.1, 0.15) is 25.5 Å². The smallest absolute Gasteiger partial charge is 0.238 e. The molecule has 0 saturated heterocycles. The first-order valence-corrected chi connectivity index (χ1v) is 7.82. The topological polar surface area (TPSA) is 106 Å². The van der Waals surface area contributed by atoms with E-state index >= 15 is 0 Å². The van der Waals surface area contributed by atoms with E-state index in [0.29, 0.717) is 6.54 Å². The molecular formula is C13H22ClN3O3S. The number of benzene rings is 1. The molecule has 4 N–H and O–H groups in total. The van der Waals surface area contributed by atoms with Crippen LogP contribution < -0.4 is 10.9 Å². The van der Waals surface area contributed by atoms with Crippen LogP contribution in [0.25, 0.3) is 0 Å². The normalized spacial score (nSPS) is 14.0. The van der Waals surface area contributed by atoms with Crippen LogP contribution in [0.15, 0.2) is 29.2 Å². The molecule has 0 fully saturated rings. The lowest BCUT2D eigenvalue weighted by Gasteiger charge is -2.27. The quantitative estimate of drug-likeness (QED) is 0.832. The molecule has 0 spiro atoms. The number of sulfonamides is 1. The van der Waals surface area contributed by atoms with Crippen LogP contribution in [0.2, 0.25) is 0 Å². The van der Waals surface area contributed by atoms with Gasteiger partial charge >= 0.3 is 0 Å². The largest absolute Gasteiger partial charge is 0.339 e. The Morgan fingerprint density at radius 2 is 1.71 bits per heavy atom. The monoisotopic (exact) mass is 335 g/mol. The van der Waals surface area contributed by atoms with Crippen LogP contribution in [0.5, 0.6) is 0 Å². The average Bonchev–Trinajstić information content (AvgIpc) is 2.43. The lowest BCUT2D eigenvalue weighted by molar-refractivity contribution is -0.135. The second-order valence-corrected chi connectivity index (χ2v) is 6.44. The predicted octanol–water partition coefficient (Wildman–Crippen LogP) is 0.870. The van der Waals surface area contributed by atoms with Crippen molar-refractivity contribution in [3.63, 3.8) is 0 Å². The lowest BCUT2D eigenvalue weighted by Crippen LogP contribution is -2.36. The van der Waals surface area contributed by atoms with E-state index in [1.807, 2.05) is 6.92 Å². The number of amides is 1. The van der Waals surface area contributed by atoms with Gasteiger partial charge in [-0.1, -0.05) is 19.1 Å². The molecule has 8 heteroatoms. The van der Waals surface area contributed by atoms with E-state index in [1.165, 1.54) is 12.1 Å². The molecule has 6 nitrogen and oxygen atoms in total. The van der Waals surface area contributed by atoms with Gasteiger partial charge in [0.25, 0.3) is 0 Å². The number of carbonyl (C=O) groups excluding carboxylic acids is 1. The fourth-order valence-corrected chi connectivity index (χ4v) is 2.31. The van der Waals surface area contributed by atoms with Crippen LogP contribution in [-0.4, -0.2) is 32.8 Å². The standard InChI is InChI=1S/C13H21N3O3S.ClH/c1-9(8-14)13(17)16(3)10(2)11-4-6-12(7-5-11)20(15,18)19;/h4-7,9-10H,8,14H2,1-3H3,(H2,15,18,19);1H. The molecule has 0 bridgehead atoms. The maximum atomic E-state index is 12.0. The number of halogens is 1. The van der Waals surface area contributed by atoms with Gasteiger partial charge in [0.05, 0.1) is 10.9 Å². The lowest BCUT2D eigenvalue weighted by atomic mass is 10.1. The van der Waals surface area contributed by atoms with E-state index in [1.54, 1.807) is 31.0 Å². The highest BCUT2D eigenvalue weighted by molar-refractivity contribution is 7.89. The van der Waals surface area contributed by atoms with Gasteiger partial charge in [0, 0.05) is 19.5 Å². The van der Waals surface area contributed by atoms with Crippen molar-refractivity contribution in [2.24, 2.45) is 16.8 Å². The molecule has 1 amide bonds. The van der Waals surface area contributed by atoms with Gasteiger partial charge in [-0.15, -0.1) is 12.4 Å². The van der Waals surface area contributed by atoms with Gasteiger partial charge < -0.3 is 10.6 Å². The van der Waals surface area contributed by atoms with E-state index in [4.69, 9.17) is 10.9 Å². The average molecular weight is 336 g/mol. The van der Waals surface area contributed by atoms with Crippen LogP contribution in [0, 0.1) is 5.92 Å². The molecule has 0 heterocycles. The third-order valence-electron chi connectivity index (χ3n) is 3.39. The highest BCUT2D eigenvalue weighted by Crippen LogP contribution is 2.21. The molecule has 1 aromatic rings. The number of hydrogen-bond donors (Lipinski definition) is 2. The highest BCUT2D eigenvalue weighted by atomic mass is 35.5. The van der Waals surface area contributed by atoms with Crippen molar-refractivity contribution >= 4 is 28.3 Å². The Bertz CT molecular complexity index is 575. The maximum absolute atomic E-state index is 12.0. The minimum absolute atomic E-state index is 0. The molecule has 0 aliphatic rings. The number of carbonyl (C=O) groups is 1. The number of rotatable bonds is 5. The Kier molecular flexibility index (Phi) is 7.32. The van der Waals surface area contributed by atoms with Gasteiger partial charge in [0.1, 0.15) is 0 Å². The predicted molar refractivity (Wildman–Crippen MR) is 84.5 cm³/mol. The van der Waals surface area contributed by atoms with E-state index in [9.17, 15) is 13.2 Å². The van der Waals surface area contributed by atoms with Crippen molar-refractivity contribution in [3.8, 4) is 0 Å². The summed E-state index contributed by atoms with van der Waals surface area (Å²) in [6, 6.07) is 6.01. The van der Waals surface area contributed by atoms with Crippen LogP contribution in [0.3, 0.4) is 0 Å². The fourth-order valence-electron chi connectivity index (χ4n) is 1.80. The van der Waals surface area contributed by atoms with E-state index in [2.05, 4.69) is 0 Å². The second-order valence-electron chi connectivity index (χ2n) is 4.88. The van der Waals surface area contributed by atoms with Gasteiger partial charge in [-0.25, -0.2) is 13.6 Å².